The van der Waals surface area contributed by atoms with Gasteiger partial charge >= 0.3 is 0 Å². The number of anilines is 1. The second-order valence-corrected chi connectivity index (χ2v) is 5.41. The monoisotopic (exact) mass is 348 g/mol. The van der Waals surface area contributed by atoms with Gasteiger partial charge in [0, 0.05) is 23.3 Å². The molecule has 2 heterocycles. The Kier molecular flexibility index (Phi) is 4.57. The molecule has 24 heavy (non-hydrogen) atoms. The highest BCUT2D eigenvalue weighted by Gasteiger charge is 2.13. The van der Waals surface area contributed by atoms with E-state index in [2.05, 4.69) is 20.5 Å². The zero-order chi connectivity index (χ0) is 17.1. The molecule has 0 bridgehead atoms. The van der Waals surface area contributed by atoms with Gasteiger partial charge in [0.1, 0.15) is 12.1 Å². The molecule has 0 radical (unpaired) electrons. The molecule has 124 valence electrons. The number of carbonyl (C=O) groups excluding carboxylic acids is 1. The van der Waals surface area contributed by atoms with Gasteiger partial charge in [0.15, 0.2) is 0 Å². The standard InChI is InChI=1S/C15H14ClFN6O/c1-2-22-7-10(6-19-22)14(24)20-15-18-9-23(21-15)8-11-12(16)4-3-5-13(11)17/h3-7,9H,2,8H2,1H3,(H,20,21,24). The maximum Gasteiger partial charge on any atom is 0.261 e. The molecule has 0 saturated heterocycles. The van der Waals surface area contributed by atoms with Crippen molar-refractivity contribution in [1.29, 1.82) is 0 Å². The van der Waals surface area contributed by atoms with Crippen LogP contribution in [0.1, 0.15) is 22.8 Å². The van der Waals surface area contributed by atoms with E-state index in [1.165, 1.54) is 29.3 Å². The lowest BCUT2D eigenvalue weighted by molar-refractivity contribution is 0.102. The van der Waals surface area contributed by atoms with E-state index in [0.29, 0.717) is 22.7 Å². The number of aromatic nitrogens is 5. The molecule has 0 spiro atoms. The van der Waals surface area contributed by atoms with Gasteiger partial charge in [-0.2, -0.15) is 5.10 Å². The van der Waals surface area contributed by atoms with E-state index in [9.17, 15) is 9.18 Å². The molecule has 0 aliphatic rings. The molecule has 0 unspecified atom stereocenters. The molecular formula is C15H14ClFN6O. The van der Waals surface area contributed by atoms with Gasteiger partial charge in [-0.15, -0.1) is 5.10 Å². The molecule has 9 heteroatoms. The van der Waals surface area contributed by atoms with Crippen LogP contribution in [0, 0.1) is 5.82 Å². The minimum Gasteiger partial charge on any atom is -0.289 e. The van der Waals surface area contributed by atoms with Gasteiger partial charge in [0.05, 0.1) is 18.3 Å². The van der Waals surface area contributed by atoms with E-state index in [4.69, 9.17) is 11.6 Å². The maximum atomic E-state index is 13.8. The van der Waals surface area contributed by atoms with Crippen molar-refractivity contribution in [2.75, 3.05) is 5.32 Å². The van der Waals surface area contributed by atoms with Crippen molar-refractivity contribution in [2.45, 2.75) is 20.0 Å². The van der Waals surface area contributed by atoms with Crippen molar-refractivity contribution in [1.82, 2.24) is 24.5 Å². The van der Waals surface area contributed by atoms with E-state index < -0.39 is 5.82 Å². The third-order valence-electron chi connectivity index (χ3n) is 3.36. The number of rotatable bonds is 5. The first-order valence-corrected chi connectivity index (χ1v) is 7.60. The average molecular weight is 349 g/mol. The summed E-state index contributed by atoms with van der Waals surface area (Å²) in [4.78, 5) is 16.1. The molecule has 2 aromatic heterocycles. The second-order valence-electron chi connectivity index (χ2n) is 5.00. The normalized spacial score (nSPS) is 10.8. The van der Waals surface area contributed by atoms with E-state index in [1.807, 2.05) is 6.92 Å². The first kappa shape index (κ1) is 16.1. The van der Waals surface area contributed by atoms with Crippen molar-refractivity contribution < 1.29 is 9.18 Å². The Morgan fingerprint density at radius 1 is 1.38 bits per heavy atom. The van der Waals surface area contributed by atoms with Crippen molar-refractivity contribution in [2.24, 2.45) is 0 Å². The lowest BCUT2D eigenvalue weighted by atomic mass is 10.2. The van der Waals surface area contributed by atoms with Crippen LogP contribution >= 0.6 is 11.6 Å². The molecule has 1 aromatic carbocycles. The summed E-state index contributed by atoms with van der Waals surface area (Å²) in [5.74, 6) is -0.663. The van der Waals surface area contributed by atoms with Crippen LogP contribution in [-0.2, 0) is 13.1 Å². The van der Waals surface area contributed by atoms with E-state index in [0.717, 1.165) is 0 Å². The summed E-state index contributed by atoms with van der Waals surface area (Å²) in [5.41, 5.74) is 0.719. The zero-order valence-corrected chi connectivity index (χ0v) is 13.5. The number of hydrogen-bond acceptors (Lipinski definition) is 4. The number of hydrogen-bond donors (Lipinski definition) is 1. The highest BCUT2D eigenvalue weighted by atomic mass is 35.5. The van der Waals surface area contributed by atoms with Crippen LogP contribution < -0.4 is 5.32 Å². The van der Waals surface area contributed by atoms with Gasteiger partial charge in [-0.3, -0.25) is 14.8 Å². The Morgan fingerprint density at radius 2 is 2.21 bits per heavy atom. The minimum atomic E-state index is -0.421. The van der Waals surface area contributed by atoms with Gasteiger partial charge in [-0.05, 0) is 19.1 Å². The second kappa shape index (κ2) is 6.79. The highest BCUT2D eigenvalue weighted by Crippen LogP contribution is 2.19. The SMILES string of the molecule is CCn1cc(C(=O)Nc2ncn(Cc3c(F)cccc3Cl)n2)cn1. The number of benzene rings is 1. The number of halogens is 2. The molecule has 0 aliphatic carbocycles. The Balaban J connectivity index is 1.70. The predicted octanol–water partition coefficient (Wildman–Crippen LogP) is 2.59. The number of amides is 1. The number of nitrogens with one attached hydrogen (secondary N) is 1. The Bertz CT molecular complexity index is 854. The van der Waals surface area contributed by atoms with Crippen LogP contribution in [-0.4, -0.2) is 30.5 Å². The first-order valence-electron chi connectivity index (χ1n) is 7.23. The molecule has 0 atom stereocenters. The van der Waals surface area contributed by atoms with Crippen LogP contribution in [0.2, 0.25) is 5.02 Å². The summed E-state index contributed by atoms with van der Waals surface area (Å²) in [6, 6.07) is 4.46. The number of carbonyl (C=O) groups is 1. The largest absolute Gasteiger partial charge is 0.289 e. The van der Waals surface area contributed by atoms with E-state index >= 15 is 0 Å². The minimum absolute atomic E-state index is 0.113. The van der Waals surface area contributed by atoms with Gasteiger partial charge in [0.2, 0.25) is 5.95 Å². The van der Waals surface area contributed by atoms with Crippen molar-refractivity contribution in [3.05, 3.63) is 58.9 Å². The van der Waals surface area contributed by atoms with Crippen LogP contribution in [0.25, 0.3) is 0 Å². The summed E-state index contributed by atoms with van der Waals surface area (Å²) >= 11 is 5.99. The molecule has 1 N–H and O–H groups in total. The molecule has 7 nitrogen and oxygen atoms in total. The Hall–Kier alpha value is -2.74. The van der Waals surface area contributed by atoms with Crippen LogP contribution in [0.4, 0.5) is 10.3 Å². The summed E-state index contributed by atoms with van der Waals surface area (Å²) in [6.45, 7) is 2.71. The number of nitrogens with zero attached hydrogens (tertiary/aromatic N) is 5. The van der Waals surface area contributed by atoms with Crippen molar-refractivity contribution in [3.8, 4) is 0 Å². The van der Waals surface area contributed by atoms with Gasteiger partial charge in [0.25, 0.3) is 5.91 Å². The number of aryl methyl sites for hydroxylation is 1. The molecule has 3 aromatic rings. The Labute approximate surface area is 142 Å². The van der Waals surface area contributed by atoms with Gasteiger partial charge in [-0.1, -0.05) is 17.7 Å². The van der Waals surface area contributed by atoms with Gasteiger partial charge in [-0.25, -0.2) is 14.1 Å². The molecule has 1 amide bonds. The fourth-order valence-electron chi connectivity index (χ4n) is 2.10. The maximum absolute atomic E-state index is 13.8. The summed E-state index contributed by atoms with van der Waals surface area (Å²) in [5, 5.41) is 11.0. The Morgan fingerprint density at radius 3 is 2.92 bits per heavy atom. The lowest BCUT2D eigenvalue weighted by Crippen LogP contribution is -2.13. The first-order chi connectivity index (χ1) is 11.6. The summed E-state index contributed by atoms with van der Waals surface area (Å²) in [6.07, 6.45) is 4.49. The topological polar surface area (TPSA) is 77.6 Å². The lowest BCUT2D eigenvalue weighted by Gasteiger charge is -2.05. The summed E-state index contributed by atoms with van der Waals surface area (Å²) in [7, 11) is 0. The third kappa shape index (κ3) is 3.43. The van der Waals surface area contributed by atoms with E-state index in [-0.39, 0.29) is 18.4 Å². The quantitative estimate of drug-likeness (QED) is 0.768. The average Bonchev–Trinajstić information content (AvgIpc) is 3.20. The fourth-order valence-corrected chi connectivity index (χ4v) is 2.32. The molecule has 3 rings (SSSR count). The van der Waals surface area contributed by atoms with Crippen LogP contribution in [0.5, 0.6) is 0 Å². The summed E-state index contributed by atoms with van der Waals surface area (Å²) < 4.78 is 16.8. The predicted molar refractivity (Wildman–Crippen MR) is 86.4 cm³/mol. The molecule has 0 aliphatic heterocycles. The van der Waals surface area contributed by atoms with Crippen LogP contribution in [0.15, 0.2) is 36.9 Å². The third-order valence-corrected chi connectivity index (χ3v) is 3.72. The molecule has 0 saturated carbocycles. The van der Waals surface area contributed by atoms with Gasteiger partial charge < -0.3 is 0 Å². The van der Waals surface area contributed by atoms with Crippen molar-refractivity contribution in [3.63, 3.8) is 0 Å². The van der Waals surface area contributed by atoms with Crippen LogP contribution in [0.3, 0.4) is 0 Å². The highest BCUT2D eigenvalue weighted by molar-refractivity contribution is 6.31. The molecule has 0 fully saturated rings. The van der Waals surface area contributed by atoms with E-state index in [1.54, 1.807) is 16.9 Å². The zero-order valence-electron chi connectivity index (χ0n) is 12.8. The van der Waals surface area contributed by atoms with Crippen molar-refractivity contribution >= 4 is 23.5 Å². The molecular weight excluding hydrogens is 335 g/mol. The fraction of sp³-hybridized carbons (Fsp3) is 0.200. The smallest absolute Gasteiger partial charge is 0.261 e.